The van der Waals surface area contributed by atoms with Gasteiger partial charge in [0.1, 0.15) is 5.82 Å². The Balaban J connectivity index is 1.47. The van der Waals surface area contributed by atoms with Crippen LogP contribution in [0.1, 0.15) is 5.69 Å². The van der Waals surface area contributed by atoms with E-state index in [1.54, 1.807) is 10.6 Å². The molecule has 0 spiro atoms. The molecule has 5 rings (SSSR count). The zero-order valence-electron chi connectivity index (χ0n) is 19.9. The molecule has 2 aromatic heterocycles. The van der Waals surface area contributed by atoms with Crippen LogP contribution in [0.4, 0.5) is 10.1 Å². The van der Waals surface area contributed by atoms with E-state index in [0.29, 0.717) is 48.8 Å². The molecule has 39 heavy (non-hydrogen) atoms. The lowest BCUT2D eigenvalue weighted by molar-refractivity contribution is -0.113. The van der Waals surface area contributed by atoms with Crippen molar-refractivity contribution in [1.29, 1.82) is 0 Å². The molecule has 8 nitrogen and oxygen atoms in total. The van der Waals surface area contributed by atoms with E-state index in [9.17, 15) is 9.18 Å². The first-order chi connectivity index (χ1) is 18.7. The van der Waals surface area contributed by atoms with Crippen molar-refractivity contribution in [2.24, 2.45) is 0 Å². The first kappa shape index (κ1) is 27.4. The standard InChI is InChI=1S/C25H16Cl4FN7OS/c1-13-23(32-35-37(13)21-11-17(27)16(26)10-19(21)29)24-33-34-25(36(24)15-5-3-2-4-6-15)39-12-22(38)31-14-7-8-20(30)18(28)9-14/h2-11H,12H2,1H3,(H,31,38). The zero-order chi connectivity index (χ0) is 27.7. The zero-order valence-corrected chi connectivity index (χ0v) is 23.7. The van der Waals surface area contributed by atoms with Gasteiger partial charge in [-0.1, -0.05) is 81.6 Å². The van der Waals surface area contributed by atoms with E-state index in [2.05, 4.69) is 25.8 Å². The molecule has 5 aromatic rings. The molecule has 0 saturated heterocycles. The van der Waals surface area contributed by atoms with E-state index in [1.165, 1.54) is 40.7 Å². The van der Waals surface area contributed by atoms with E-state index in [-0.39, 0.29) is 16.7 Å². The van der Waals surface area contributed by atoms with Gasteiger partial charge in [-0.05, 0) is 49.4 Å². The molecule has 0 aliphatic rings. The SMILES string of the molecule is Cc1c(-c2nnc(SCC(=O)Nc3ccc(F)c(Cl)c3)n2-c2ccccc2)nnn1-c1cc(Cl)c(Cl)cc1Cl. The molecule has 14 heteroatoms. The number of halogens is 5. The van der Waals surface area contributed by atoms with Crippen molar-refractivity contribution < 1.29 is 9.18 Å². The quantitative estimate of drug-likeness (QED) is 0.151. The average Bonchev–Trinajstić information content (AvgIpc) is 3.50. The van der Waals surface area contributed by atoms with Crippen LogP contribution in [0.15, 0.2) is 65.8 Å². The predicted molar refractivity (Wildman–Crippen MR) is 152 cm³/mol. The summed E-state index contributed by atoms with van der Waals surface area (Å²) in [6, 6.07) is 16.5. The number of thioether (sulfide) groups is 1. The molecule has 0 saturated carbocycles. The van der Waals surface area contributed by atoms with Crippen molar-refractivity contribution >= 4 is 69.8 Å². The molecular formula is C25H16Cl4FN7OS. The Bertz CT molecular complexity index is 1690. The minimum absolute atomic E-state index is 0.00448. The van der Waals surface area contributed by atoms with Crippen molar-refractivity contribution in [2.45, 2.75) is 12.1 Å². The maximum atomic E-state index is 13.4. The highest BCUT2D eigenvalue weighted by Crippen LogP contribution is 2.34. The fraction of sp³-hybridized carbons (Fsp3) is 0.0800. The van der Waals surface area contributed by atoms with Gasteiger partial charge in [0.15, 0.2) is 16.7 Å². The number of hydrogen-bond donors (Lipinski definition) is 1. The van der Waals surface area contributed by atoms with Crippen LogP contribution in [-0.4, -0.2) is 41.4 Å². The molecular weight excluding hydrogens is 607 g/mol. The molecule has 0 unspecified atom stereocenters. The van der Waals surface area contributed by atoms with Crippen LogP contribution >= 0.6 is 58.2 Å². The smallest absolute Gasteiger partial charge is 0.234 e. The minimum Gasteiger partial charge on any atom is -0.325 e. The van der Waals surface area contributed by atoms with E-state index >= 15 is 0 Å². The van der Waals surface area contributed by atoms with Crippen LogP contribution in [0.25, 0.3) is 22.9 Å². The van der Waals surface area contributed by atoms with E-state index in [1.807, 2.05) is 37.3 Å². The summed E-state index contributed by atoms with van der Waals surface area (Å²) in [5, 5.41) is 21.4. The number of para-hydroxylation sites is 1. The van der Waals surface area contributed by atoms with Gasteiger partial charge in [0, 0.05) is 11.4 Å². The lowest BCUT2D eigenvalue weighted by atomic mass is 10.2. The molecule has 198 valence electrons. The van der Waals surface area contributed by atoms with Gasteiger partial charge in [0.05, 0.1) is 37.2 Å². The molecule has 2 heterocycles. The number of rotatable bonds is 7. The Hall–Kier alpha value is -3.15. The van der Waals surface area contributed by atoms with Gasteiger partial charge in [0.25, 0.3) is 0 Å². The molecule has 0 radical (unpaired) electrons. The second kappa shape index (κ2) is 11.5. The summed E-state index contributed by atoms with van der Waals surface area (Å²) < 4.78 is 16.8. The number of amides is 1. The Morgan fingerprint density at radius 2 is 1.67 bits per heavy atom. The summed E-state index contributed by atoms with van der Waals surface area (Å²) in [4.78, 5) is 12.6. The summed E-state index contributed by atoms with van der Waals surface area (Å²) >= 11 is 25.7. The Morgan fingerprint density at radius 3 is 2.41 bits per heavy atom. The van der Waals surface area contributed by atoms with Crippen molar-refractivity contribution in [2.75, 3.05) is 11.1 Å². The number of hydrogen-bond acceptors (Lipinski definition) is 6. The number of anilines is 1. The first-order valence-corrected chi connectivity index (χ1v) is 13.7. The van der Waals surface area contributed by atoms with Crippen LogP contribution in [0.5, 0.6) is 0 Å². The number of nitrogens with one attached hydrogen (secondary N) is 1. The van der Waals surface area contributed by atoms with Gasteiger partial charge in [-0.15, -0.1) is 15.3 Å². The van der Waals surface area contributed by atoms with Gasteiger partial charge >= 0.3 is 0 Å². The molecule has 3 aromatic carbocycles. The molecule has 0 fully saturated rings. The molecule has 0 bridgehead atoms. The Kier molecular flexibility index (Phi) is 8.11. The van der Waals surface area contributed by atoms with Crippen LogP contribution in [0.3, 0.4) is 0 Å². The summed E-state index contributed by atoms with van der Waals surface area (Å²) in [5.74, 6) is -0.483. The molecule has 0 aliphatic heterocycles. The van der Waals surface area contributed by atoms with Gasteiger partial charge in [-0.3, -0.25) is 9.36 Å². The second-order valence-corrected chi connectivity index (χ2v) is 10.7. The number of aromatic nitrogens is 6. The topological polar surface area (TPSA) is 90.5 Å². The monoisotopic (exact) mass is 621 g/mol. The summed E-state index contributed by atoms with van der Waals surface area (Å²) in [6.45, 7) is 1.81. The van der Waals surface area contributed by atoms with E-state index in [0.717, 1.165) is 5.69 Å². The lowest BCUT2D eigenvalue weighted by Gasteiger charge is -2.10. The van der Waals surface area contributed by atoms with Crippen LogP contribution in [0.2, 0.25) is 20.1 Å². The highest BCUT2D eigenvalue weighted by Gasteiger charge is 2.23. The largest absolute Gasteiger partial charge is 0.325 e. The lowest BCUT2D eigenvalue weighted by Crippen LogP contribution is -2.14. The summed E-state index contributed by atoms with van der Waals surface area (Å²) in [7, 11) is 0. The highest BCUT2D eigenvalue weighted by atomic mass is 35.5. The third-order valence-corrected chi connectivity index (χ3v) is 7.75. The number of carbonyl (C=O) groups excluding carboxylic acids is 1. The summed E-state index contributed by atoms with van der Waals surface area (Å²) in [5.41, 5.74) is 2.71. The highest BCUT2D eigenvalue weighted by molar-refractivity contribution is 7.99. The van der Waals surface area contributed by atoms with Crippen LogP contribution < -0.4 is 5.32 Å². The number of nitrogens with zero attached hydrogens (tertiary/aromatic N) is 6. The predicted octanol–water partition coefficient (Wildman–Crippen LogP) is 7.31. The van der Waals surface area contributed by atoms with Gasteiger partial charge < -0.3 is 5.32 Å². The van der Waals surface area contributed by atoms with Gasteiger partial charge in [-0.25, -0.2) is 9.07 Å². The van der Waals surface area contributed by atoms with Crippen molar-refractivity contribution in [3.05, 3.63) is 92.3 Å². The molecule has 1 N–H and O–H groups in total. The molecule has 1 amide bonds. The maximum absolute atomic E-state index is 13.4. The minimum atomic E-state index is -0.568. The maximum Gasteiger partial charge on any atom is 0.234 e. The normalized spacial score (nSPS) is 11.1. The van der Waals surface area contributed by atoms with Crippen molar-refractivity contribution in [1.82, 2.24) is 29.8 Å². The second-order valence-electron chi connectivity index (χ2n) is 8.10. The molecule has 0 atom stereocenters. The Labute approximate surface area is 246 Å². The fourth-order valence-corrected chi connectivity index (χ4v) is 5.22. The third-order valence-electron chi connectivity index (χ3n) is 5.51. The van der Waals surface area contributed by atoms with Crippen LogP contribution in [0, 0.1) is 12.7 Å². The van der Waals surface area contributed by atoms with Crippen molar-refractivity contribution in [3.8, 4) is 22.9 Å². The van der Waals surface area contributed by atoms with Crippen LogP contribution in [-0.2, 0) is 4.79 Å². The molecule has 0 aliphatic carbocycles. The Morgan fingerprint density at radius 1 is 0.923 bits per heavy atom. The summed E-state index contributed by atoms with van der Waals surface area (Å²) in [6.07, 6.45) is 0. The fourth-order valence-electron chi connectivity index (χ4n) is 3.67. The van der Waals surface area contributed by atoms with Gasteiger partial charge in [-0.2, -0.15) is 0 Å². The van der Waals surface area contributed by atoms with Gasteiger partial charge in [0.2, 0.25) is 5.91 Å². The first-order valence-electron chi connectivity index (χ1n) is 11.2. The number of carbonyl (C=O) groups is 1. The average molecular weight is 623 g/mol. The number of benzene rings is 3. The van der Waals surface area contributed by atoms with Crippen molar-refractivity contribution in [3.63, 3.8) is 0 Å². The van der Waals surface area contributed by atoms with E-state index in [4.69, 9.17) is 46.4 Å². The third kappa shape index (κ3) is 5.75. The van der Waals surface area contributed by atoms with E-state index < -0.39 is 5.82 Å².